The Morgan fingerprint density at radius 1 is 1.14 bits per heavy atom. The number of hydrogen-bond donors (Lipinski definition) is 0. The summed E-state index contributed by atoms with van der Waals surface area (Å²) in [5.74, 6) is -0.222. The van der Waals surface area contributed by atoms with Gasteiger partial charge in [-0.15, -0.1) is 0 Å². The van der Waals surface area contributed by atoms with E-state index in [4.69, 9.17) is 8.92 Å². The summed E-state index contributed by atoms with van der Waals surface area (Å²) in [6.07, 6.45) is 0.257. The van der Waals surface area contributed by atoms with Gasteiger partial charge in [0, 0.05) is 6.42 Å². The molecule has 0 spiro atoms. The minimum atomic E-state index is -3.71. The fourth-order valence-corrected chi connectivity index (χ4v) is 2.94. The second-order valence-electron chi connectivity index (χ2n) is 4.91. The SMILES string of the molecule is CCOC(=O)CCCS(=O)(=O)Oc1c(C)ccc(C)c1C. The zero-order chi connectivity index (χ0) is 16.0. The summed E-state index contributed by atoms with van der Waals surface area (Å²) in [5, 5.41) is 0. The lowest BCUT2D eigenvalue weighted by Crippen LogP contribution is -2.16. The van der Waals surface area contributed by atoms with Gasteiger partial charge in [-0.25, -0.2) is 0 Å². The third-order valence-corrected chi connectivity index (χ3v) is 4.37. The lowest BCUT2D eigenvalue weighted by Gasteiger charge is -2.13. The van der Waals surface area contributed by atoms with Crippen LogP contribution in [0, 0.1) is 20.8 Å². The minimum Gasteiger partial charge on any atom is -0.466 e. The van der Waals surface area contributed by atoms with Crippen LogP contribution in [0.15, 0.2) is 12.1 Å². The molecule has 0 bridgehead atoms. The second kappa shape index (κ2) is 7.45. The maximum atomic E-state index is 12.0. The molecule has 5 nitrogen and oxygen atoms in total. The Hall–Kier alpha value is -1.56. The van der Waals surface area contributed by atoms with E-state index in [-0.39, 0.29) is 18.6 Å². The molecule has 0 aromatic heterocycles. The molecule has 118 valence electrons. The van der Waals surface area contributed by atoms with Crippen molar-refractivity contribution in [2.45, 2.75) is 40.5 Å². The predicted octanol–water partition coefficient (Wildman–Crippen LogP) is 2.66. The van der Waals surface area contributed by atoms with Gasteiger partial charge in [0.1, 0.15) is 5.75 Å². The molecule has 0 saturated heterocycles. The largest absolute Gasteiger partial charge is 0.466 e. The molecule has 0 unspecified atom stereocenters. The first-order valence-electron chi connectivity index (χ1n) is 6.91. The molecule has 0 aliphatic heterocycles. The normalized spacial score (nSPS) is 11.2. The molecule has 1 aromatic rings. The Bertz CT molecular complexity index is 605. The van der Waals surface area contributed by atoms with Crippen molar-refractivity contribution in [2.75, 3.05) is 12.4 Å². The van der Waals surface area contributed by atoms with Crippen molar-refractivity contribution in [3.63, 3.8) is 0 Å². The van der Waals surface area contributed by atoms with Crippen LogP contribution in [0.5, 0.6) is 5.75 Å². The van der Waals surface area contributed by atoms with Crippen LogP contribution >= 0.6 is 0 Å². The molecule has 1 aromatic carbocycles. The Morgan fingerprint density at radius 2 is 1.76 bits per heavy atom. The maximum Gasteiger partial charge on any atom is 0.309 e. The van der Waals surface area contributed by atoms with E-state index in [1.54, 1.807) is 13.8 Å². The first kappa shape index (κ1) is 17.5. The van der Waals surface area contributed by atoms with Crippen LogP contribution < -0.4 is 4.18 Å². The molecule has 21 heavy (non-hydrogen) atoms. The van der Waals surface area contributed by atoms with E-state index in [1.165, 1.54) is 0 Å². The van der Waals surface area contributed by atoms with Gasteiger partial charge in [0.15, 0.2) is 0 Å². The van der Waals surface area contributed by atoms with Crippen LogP contribution in [-0.2, 0) is 19.6 Å². The van der Waals surface area contributed by atoms with Crippen LogP contribution in [-0.4, -0.2) is 26.7 Å². The molecular formula is C15H22O5S. The lowest BCUT2D eigenvalue weighted by molar-refractivity contribution is -0.143. The molecule has 0 aliphatic carbocycles. The summed E-state index contributed by atoms with van der Waals surface area (Å²) in [7, 11) is -3.71. The average Bonchev–Trinajstić information content (AvgIpc) is 2.39. The highest BCUT2D eigenvalue weighted by atomic mass is 32.2. The minimum absolute atomic E-state index is 0.0716. The average molecular weight is 314 g/mol. The van der Waals surface area contributed by atoms with E-state index in [0.717, 1.165) is 16.7 Å². The molecule has 0 atom stereocenters. The molecule has 0 saturated carbocycles. The standard InChI is InChI=1S/C15H22O5S/c1-5-19-14(16)7-6-10-21(17,18)20-15-12(3)9-8-11(2)13(15)4/h8-9H,5-7,10H2,1-4H3. The van der Waals surface area contributed by atoms with Crippen molar-refractivity contribution in [3.05, 3.63) is 28.8 Å². The Labute approximate surface area is 126 Å². The summed E-state index contributed by atoms with van der Waals surface area (Å²) in [6, 6.07) is 3.75. The molecule has 0 heterocycles. The fourth-order valence-electron chi connectivity index (χ4n) is 1.85. The number of hydrogen-bond acceptors (Lipinski definition) is 5. The van der Waals surface area contributed by atoms with E-state index in [1.807, 2.05) is 26.0 Å². The smallest absolute Gasteiger partial charge is 0.309 e. The van der Waals surface area contributed by atoms with Gasteiger partial charge in [-0.05, 0) is 50.8 Å². The summed E-state index contributed by atoms with van der Waals surface area (Å²) in [4.78, 5) is 11.2. The Kier molecular flexibility index (Phi) is 6.20. The van der Waals surface area contributed by atoms with Gasteiger partial charge in [0.25, 0.3) is 0 Å². The first-order chi connectivity index (χ1) is 9.76. The van der Waals surface area contributed by atoms with Crippen LogP contribution in [0.1, 0.15) is 36.5 Å². The predicted molar refractivity (Wildman–Crippen MR) is 80.9 cm³/mol. The van der Waals surface area contributed by atoms with Gasteiger partial charge in [-0.1, -0.05) is 12.1 Å². The quantitative estimate of drug-likeness (QED) is 0.571. The van der Waals surface area contributed by atoms with Crippen molar-refractivity contribution < 1.29 is 22.1 Å². The topological polar surface area (TPSA) is 69.7 Å². The van der Waals surface area contributed by atoms with Crippen molar-refractivity contribution in [1.82, 2.24) is 0 Å². The summed E-state index contributed by atoms with van der Waals surface area (Å²) in [6.45, 7) is 7.53. The molecule has 0 radical (unpaired) electrons. The maximum absolute atomic E-state index is 12.0. The number of ether oxygens (including phenoxy) is 1. The monoisotopic (exact) mass is 314 g/mol. The number of rotatable bonds is 7. The highest BCUT2D eigenvalue weighted by Gasteiger charge is 2.17. The Balaban J connectivity index is 2.69. The number of esters is 1. The molecule has 0 N–H and O–H groups in total. The van der Waals surface area contributed by atoms with E-state index in [9.17, 15) is 13.2 Å². The van der Waals surface area contributed by atoms with Crippen molar-refractivity contribution in [3.8, 4) is 5.75 Å². The lowest BCUT2D eigenvalue weighted by atomic mass is 10.1. The van der Waals surface area contributed by atoms with Crippen LogP contribution in [0.2, 0.25) is 0 Å². The molecule has 0 amide bonds. The number of aryl methyl sites for hydroxylation is 2. The van der Waals surface area contributed by atoms with Gasteiger partial charge in [0.2, 0.25) is 0 Å². The molecule has 0 fully saturated rings. The van der Waals surface area contributed by atoms with Crippen LogP contribution in [0.3, 0.4) is 0 Å². The third-order valence-electron chi connectivity index (χ3n) is 3.16. The molecule has 6 heteroatoms. The van der Waals surface area contributed by atoms with Gasteiger partial charge in [-0.3, -0.25) is 4.79 Å². The summed E-state index contributed by atoms with van der Waals surface area (Å²) in [5.41, 5.74) is 2.55. The highest BCUT2D eigenvalue weighted by molar-refractivity contribution is 7.87. The molecular weight excluding hydrogens is 292 g/mol. The van der Waals surface area contributed by atoms with Gasteiger partial charge < -0.3 is 8.92 Å². The van der Waals surface area contributed by atoms with Gasteiger partial charge >= 0.3 is 16.1 Å². The first-order valence-corrected chi connectivity index (χ1v) is 8.49. The van der Waals surface area contributed by atoms with Gasteiger partial charge in [-0.2, -0.15) is 8.42 Å². The highest BCUT2D eigenvalue weighted by Crippen LogP contribution is 2.27. The van der Waals surface area contributed by atoms with Gasteiger partial charge in [0.05, 0.1) is 12.4 Å². The zero-order valence-electron chi connectivity index (χ0n) is 12.9. The van der Waals surface area contributed by atoms with E-state index in [0.29, 0.717) is 12.4 Å². The fraction of sp³-hybridized carbons (Fsp3) is 0.533. The third kappa shape index (κ3) is 5.38. The summed E-state index contributed by atoms with van der Waals surface area (Å²) >= 11 is 0. The second-order valence-corrected chi connectivity index (χ2v) is 6.60. The summed E-state index contributed by atoms with van der Waals surface area (Å²) < 4.78 is 33.9. The Morgan fingerprint density at radius 3 is 2.38 bits per heavy atom. The van der Waals surface area contributed by atoms with Crippen molar-refractivity contribution >= 4 is 16.1 Å². The van der Waals surface area contributed by atoms with Crippen molar-refractivity contribution in [1.29, 1.82) is 0 Å². The molecule has 0 aliphatic rings. The van der Waals surface area contributed by atoms with Crippen LogP contribution in [0.4, 0.5) is 0 Å². The van der Waals surface area contributed by atoms with E-state index >= 15 is 0 Å². The van der Waals surface area contributed by atoms with Crippen LogP contribution in [0.25, 0.3) is 0 Å². The number of benzene rings is 1. The molecule has 1 rings (SSSR count). The van der Waals surface area contributed by atoms with E-state index < -0.39 is 16.1 Å². The van der Waals surface area contributed by atoms with Crippen molar-refractivity contribution in [2.24, 2.45) is 0 Å². The van der Waals surface area contributed by atoms with E-state index in [2.05, 4.69) is 0 Å². The zero-order valence-corrected chi connectivity index (χ0v) is 13.7. The number of carbonyl (C=O) groups excluding carboxylic acids is 1. The number of carbonyl (C=O) groups is 1.